The number of carbonyl (C=O) groups excluding carboxylic acids is 2. The molecule has 1 atom stereocenters. The van der Waals surface area contributed by atoms with Crippen LogP contribution in [0.3, 0.4) is 0 Å². The molecule has 1 saturated carbocycles. The molecule has 3 N–H and O–H groups in total. The second kappa shape index (κ2) is 6.16. The first-order valence-electron chi connectivity index (χ1n) is 7.61. The lowest BCUT2D eigenvalue weighted by molar-refractivity contribution is -0.125. The first-order chi connectivity index (χ1) is 10.2. The third-order valence-corrected chi connectivity index (χ3v) is 3.99. The Morgan fingerprint density at radius 2 is 2.05 bits per heavy atom. The molecule has 3 rings (SSSR count). The maximum atomic E-state index is 12.1. The van der Waals surface area contributed by atoms with Gasteiger partial charge < -0.3 is 16.0 Å². The van der Waals surface area contributed by atoms with Gasteiger partial charge in [-0.15, -0.1) is 0 Å². The fourth-order valence-corrected chi connectivity index (χ4v) is 2.60. The van der Waals surface area contributed by atoms with Gasteiger partial charge in [-0.2, -0.15) is 0 Å². The lowest BCUT2D eigenvalue weighted by Crippen LogP contribution is -2.39. The van der Waals surface area contributed by atoms with E-state index >= 15 is 0 Å². The highest BCUT2D eigenvalue weighted by molar-refractivity contribution is 5.82. The molecule has 2 amide bonds. The predicted octanol–water partition coefficient (Wildman–Crippen LogP) is 1.06. The number of fused-ring (bicyclic) bond motifs is 1. The Balaban J connectivity index is 1.42. The zero-order valence-corrected chi connectivity index (χ0v) is 12.0. The van der Waals surface area contributed by atoms with Crippen molar-refractivity contribution in [2.75, 3.05) is 18.4 Å². The fraction of sp³-hybridized carbons (Fsp3) is 0.500. The lowest BCUT2D eigenvalue weighted by atomic mass is 9.93. The van der Waals surface area contributed by atoms with Crippen molar-refractivity contribution < 1.29 is 9.59 Å². The van der Waals surface area contributed by atoms with Crippen molar-refractivity contribution in [1.82, 2.24) is 10.6 Å². The normalized spacial score (nSPS) is 20.1. The number of para-hydroxylation sites is 1. The molecule has 1 aromatic rings. The molecule has 1 unspecified atom stereocenters. The van der Waals surface area contributed by atoms with Crippen LogP contribution in [0, 0.1) is 5.92 Å². The summed E-state index contributed by atoms with van der Waals surface area (Å²) in [7, 11) is 0. The Labute approximate surface area is 124 Å². The second-order valence-electron chi connectivity index (χ2n) is 5.82. The SMILES string of the molecule is O=C(CCNC(=O)C1CNc2ccccc2C1)NC1CC1. The van der Waals surface area contributed by atoms with Crippen LogP contribution in [0.4, 0.5) is 5.69 Å². The van der Waals surface area contributed by atoms with E-state index in [1.807, 2.05) is 24.3 Å². The summed E-state index contributed by atoms with van der Waals surface area (Å²) in [6.07, 6.45) is 3.29. The van der Waals surface area contributed by atoms with E-state index in [0.717, 1.165) is 24.9 Å². The summed E-state index contributed by atoms with van der Waals surface area (Å²) in [4.78, 5) is 23.7. The molecule has 1 heterocycles. The second-order valence-corrected chi connectivity index (χ2v) is 5.82. The fourth-order valence-electron chi connectivity index (χ4n) is 2.60. The molecule has 0 spiro atoms. The number of anilines is 1. The minimum Gasteiger partial charge on any atom is -0.384 e. The smallest absolute Gasteiger partial charge is 0.225 e. The van der Waals surface area contributed by atoms with Crippen molar-refractivity contribution in [2.45, 2.75) is 31.7 Å². The predicted molar refractivity (Wildman–Crippen MR) is 80.9 cm³/mol. The Bertz CT molecular complexity index is 540. The van der Waals surface area contributed by atoms with E-state index < -0.39 is 0 Å². The Morgan fingerprint density at radius 3 is 2.86 bits per heavy atom. The summed E-state index contributed by atoms with van der Waals surface area (Å²) >= 11 is 0. The molecular formula is C16H21N3O2. The third kappa shape index (κ3) is 3.74. The average Bonchev–Trinajstić information content (AvgIpc) is 3.30. The molecule has 2 aliphatic rings. The quantitative estimate of drug-likeness (QED) is 0.758. The van der Waals surface area contributed by atoms with Crippen LogP contribution in [-0.4, -0.2) is 30.9 Å². The monoisotopic (exact) mass is 287 g/mol. The van der Waals surface area contributed by atoms with E-state index in [4.69, 9.17) is 0 Å². The van der Waals surface area contributed by atoms with Gasteiger partial charge >= 0.3 is 0 Å². The molecule has 0 aromatic heterocycles. The topological polar surface area (TPSA) is 70.2 Å². The van der Waals surface area contributed by atoms with E-state index in [2.05, 4.69) is 16.0 Å². The molecule has 1 aliphatic carbocycles. The molecule has 1 aliphatic heterocycles. The third-order valence-electron chi connectivity index (χ3n) is 3.99. The van der Waals surface area contributed by atoms with Crippen LogP contribution in [0.2, 0.25) is 0 Å². The number of rotatable bonds is 5. The molecule has 1 fully saturated rings. The Hall–Kier alpha value is -2.04. The summed E-state index contributed by atoms with van der Waals surface area (Å²) in [5.41, 5.74) is 2.29. The minimum absolute atomic E-state index is 0.0243. The summed E-state index contributed by atoms with van der Waals surface area (Å²) in [6.45, 7) is 1.06. The highest BCUT2D eigenvalue weighted by atomic mass is 16.2. The van der Waals surface area contributed by atoms with Gasteiger partial charge in [-0.25, -0.2) is 0 Å². The summed E-state index contributed by atoms with van der Waals surface area (Å²) in [5, 5.41) is 9.07. The van der Waals surface area contributed by atoms with Crippen LogP contribution in [0.5, 0.6) is 0 Å². The van der Waals surface area contributed by atoms with Crippen LogP contribution in [0.25, 0.3) is 0 Å². The molecule has 112 valence electrons. The van der Waals surface area contributed by atoms with Gasteiger partial charge in [0.1, 0.15) is 0 Å². The van der Waals surface area contributed by atoms with Gasteiger partial charge in [0.05, 0.1) is 5.92 Å². The Morgan fingerprint density at radius 1 is 1.24 bits per heavy atom. The largest absolute Gasteiger partial charge is 0.384 e. The summed E-state index contributed by atoms with van der Waals surface area (Å²) in [6, 6.07) is 8.44. The lowest BCUT2D eigenvalue weighted by Gasteiger charge is -2.25. The zero-order valence-electron chi connectivity index (χ0n) is 12.0. The summed E-state index contributed by atoms with van der Waals surface area (Å²) in [5.74, 6) is -0.00691. The molecule has 1 aromatic carbocycles. The van der Waals surface area contributed by atoms with Crippen LogP contribution in [0.1, 0.15) is 24.8 Å². The number of hydrogen-bond donors (Lipinski definition) is 3. The molecule has 0 radical (unpaired) electrons. The van der Waals surface area contributed by atoms with Crippen LogP contribution in [0.15, 0.2) is 24.3 Å². The van der Waals surface area contributed by atoms with Crippen LogP contribution in [-0.2, 0) is 16.0 Å². The van der Waals surface area contributed by atoms with E-state index in [9.17, 15) is 9.59 Å². The number of nitrogens with one attached hydrogen (secondary N) is 3. The van der Waals surface area contributed by atoms with E-state index in [-0.39, 0.29) is 17.7 Å². The van der Waals surface area contributed by atoms with Gasteiger partial charge in [0.25, 0.3) is 0 Å². The van der Waals surface area contributed by atoms with Gasteiger partial charge in [-0.05, 0) is 30.9 Å². The average molecular weight is 287 g/mol. The highest BCUT2D eigenvalue weighted by Gasteiger charge is 2.25. The standard InChI is InChI=1S/C16H21N3O2/c20-15(19-13-5-6-13)7-8-17-16(21)12-9-11-3-1-2-4-14(11)18-10-12/h1-4,12-13,18H,5-10H2,(H,17,21)(H,19,20). The van der Waals surface area contributed by atoms with Gasteiger partial charge in [0, 0.05) is 31.2 Å². The minimum atomic E-state index is -0.0635. The molecular weight excluding hydrogens is 266 g/mol. The van der Waals surface area contributed by atoms with Crippen molar-refractivity contribution in [3.8, 4) is 0 Å². The van der Waals surface area contributed by atoms with Gasteiger partial charge in [-0.3, -0.25) is 9.59 Å². The van der Waals surface area contributed by atoms with Crippen molar-refractivity contribution in [3.63, 3.8) is 0 Å². The first-order valence-corrected chi connectivity index (χ1v) is 7.61. The van der Waals surface area contributed by atoms with Crippen molar-refractivity contribution in [2.24, 2.45) is 5.92 Å². The first kappa shape index (κ1) is 13.9. The van der Waals surface area contributed by atoms with Crippen molar-refractivity contribution in [1.29, 1.82) is 0 Å². The number of amides is 2. The molecule has 21 heavy (non-hydrogen) atoms. The number of benzene rings is 1. The zero-order chi connectivity index (χ0) is 14.7. The number of hydrogen-bond acceptors (Lipinski definition) is 3. The van der Waals surface area contributed by atoms with Gasteiger partial charge in [0.2, 0.25) is 11.8 Å². The Kier molecular flexibility index (Phi) is 4.08. The van der Waals surface area contributed by atoms with Crippen LogP contribution >= 0.6 is 0 Å². The van der Waals surface area contributed by atoms with E-state index in [1.165, 1.54) is 5.56 Å². The van der Waals surface area contributed by atoms with E-state index in [1.54, 1.807) is 0 Å². The van der Waals surface area contributed by atoms with Crippen molar-refractivity contribution >= 4 is 17.5 Å². The maximum absolute atomic E-state index is 12.1. The summed E-state index contributed by atoms with van der Waals surface area (Å²) < 4.78 is 0. The van der Waals surface area contributed by atoms with Crippen LogP contribution < -0.4 is 16.0 Å². The van der Waals surface area contributed by atoms with Crippen molar-refractivity contribution in [3.05, 3.63) is 29.8 Å². The van der Waals surface area contributed by atoms with E-state index in [0.29, 0.717) is 25.6 Å². The van der Waals surface area contributed by atoms with Gasteiger partial charge in [-0.1, -0.05) is 18.2 Å². The number of carbonyl (C=O) groups is 2. The molecule has 0 bridgehead atoms. The molecule has 0 saturated heterocycles. The maximum Gasteiger partial charge on any atom is 0.225 e. The highest BCUT2D eigenvalue weighted by Crippen LogP contribution is 2.24. The molecule has 5 heteroatoms. The molecule has 5 nitrogen and oxygen atoms in total. The van der Waals surface area contributed by atoms with Gasteiger partial charge in [0.15, 0.2) is 0 Å².